The molecule has 4 heterocycles. The lowest BCUT2D eigenvalue weighted by atomic mass is 10.1. The van der Waals surface area contributed by atoms with Gasteiger partial charge in [0.15, 0.2) is 5.82 Å². The maximum atomic E-state index is 10.3. The van der Waals surface area contributed by atoms with E-state index in [0.29, 0.717) is 24.0 Å². The lowest BCUT2D eigenvalue weighted by molar-refractivity contribution is 0.199. The van der Waals surface area contributed by atoms with E-state index in [4.69, 9.17) is 4.98 Å². The summed E-state index contributed by atoms with van der Waals surface area (Å²) in [5.41, 5.74) is 4.20. The first-order valence-electron chi connectivity index (χ1n) is 10.9. The van der Waals surface area contributed by atoms with Crippen LogP contribution in [0.3, 0.4) is 0 Å². The molecule has 0 amide bonds. The van der Waals surface area contributed by atoms with Crippen molar-refractivity contribution >= 4 is 28.4 Å². The number of imidazole rings is 1. The fourth-order valence-corrected chi connectivity index (χ4v) is 4.10. The van der Waals surface area contributed by atoms with Crippen LogP contribution >= 0.6 is 0 Å². The third-order valence-electron chi connectivity index (χ3n) is 5.88. The van der Waals surface area contributed by atoms with Crippen LogP contribution in [0.25, 0.3) is 16.9 Å². The Morgan fingerprint density at radius 1 is 1.18 bits per heavy atom. The highest BCUT2D eigenvalue weighted by molar-refractivity contribution is 5.82. The second kappa shape index (κ2) is 8.48. The Hall–Kier alpha value is -4.03. The summed E-state index contributed by atoms with van der Waals surface area (Å²) in [6.45, 7) is 4.98. The topological polar surface area (TPSA) is 116 Å². The summed E-state index contributed by atoms with van der Waals surface area (Å²) in [6.07, 6.45) is 1.89. The van der Waals surface area contributed by atoms with Crippen molar-refractivity contribution in [3.05, 3.63) is 60.0 Å². The average molecular weight is 441 g/mol. The molecule has 2 N–H and O–H groups in total. The molecule has 1 unspecified atom stereocenters. The molecule has 1 aromatic carbocycles. The van der Waals surface area contributed by atoms with E-state index in [-0.39, 0.29) is 5.92 Å². The summed E-state index contributed by atoms with van der Waals surface area (Å²) in [5.74, 6) is 2.05. The van der Waals surface area contributed by atoms with Gasteiger partial charge < -0.3 is 15.3 Å². The number of nitrogens with one attached hydrogen (secondary N) is 1. The molecule has 0 aliphatic carbocycles. The summed E-state index contributed by atoms with van der Waals surface area (Å²) >= 11 is 0. The smallest absolute Gasteiger partial charge is 0.153 e. The van der Waals surface area contributed by atoms with Gasteiger partial charge in [0.2, 0.25) is 0 Å². The molecular formula is C24H24N8O. The molecule has 1 aliphatic heterocycles. The molecule has 33 heavy (non-hydrogen) atoms. The zero-order valence-electron chi connectivity index (χ0n) is 18.5. The second-order valence-corrected chi connectivity index (χ2v) is 8.32. The van der Waals surface area contributed by atoms with Crippen molar-refractivity contribution in [2.45, 2.75) is 26.4 Å². The molecule has 9 nitrogen and oxygen atoms in total. The molecule has 0 saturated carbocycles. The zero-order chi connectivity index (χ0) is 22.9. The molecule has 5 rings (SSSR count). The van der Waals surface area contributed by atoms with Gasteiger partial charge in [-0.2, -0.15) is 10.4 Å². The van der Waals surface area contributed by atoms with Crippen LogP contribution in [0.1, 0.15) is 30.7 Å². The van der Waals surface area contributed by atoms with Gasteiger partial charge >= 0.3 is 0 Å². The largest absolute Gasteiger partial charge is 0.389 e. The predicted molar refractivity (Wildman–Crippen MR) is 125 cm³/mol. The Morgan fingerprint density at radius 2 is 2.06 bits per heavy atom. The minimum atomic E-state index is -0.659. The van der Waals surface area contributed by atoms with Gasteiger partial charge in [0.1, 0.15) is 18.0 Å². The Labute approximate surface area is 191 Å². The van der Waals surface area contributed by atoms with Crippen LogP contribution in [0.15, 0.2) is 48.8 Å². The van der Waals surface area contributed by atoms with Gasteiger partial charge in [-0.15, -0.1) is 5.10 Å². The van der Waals surface area contributed by atoms with Crippen LogP contribution in [0.2, 0.25) is 0 Å². The molecule has 2 atom stereocenters. The van der Waals surface area contributed by atoms with Gasteiger partial charge in [-0.1, -0.05) is 0 Å². The third-order valence-corrected chi connectivity index (χ3v) is 5.88. The fraction of sp³-hybridized carbons (Fsp3) is 0.292. The standard InChI is InChI=1S/C24H24N8O/c1-15-3-7-22(30-29-15)27-18-4-6-20-21(11-18)32(14-26-20)23-8-5-19(16(2)33)24(28-23)31-10-9-17(12-25)13-31/h3-8,11,14,16-17,33H,9-10,13H2,1-2H3,(H,27,30)/t16?,17-/m0/s1. The minimum Gasteiger partial charge on any atom is -0.389 e. The number of anilines is 3. The molecule has 4 aromatic rings. The highest BCUT2D eigenvalue weighted by atomic mass is 16.3. The molecule has 1 fully saturated rings. The number of hydrogen-bond donors (Lipinski definition) is 2. The molecule has 1 aliphatic rings. The Balaban J connectivity index is 1.52. The highest BCUT2D eigenvalue weighted by Crippen LogP contribution is 2.31. The van der Waals surface area contributed by atoms with Crippen molar-refractivity contribution in [1.29, 1.82) is 5.26 Å². The molecular weight excluding hydrogens is 416 g/mol. The number of nitriles is 1. The van der Waals surface area contributed by atoms with Gasteiger partial charge in [-0.3, -0.25) is 4.57 Å². The van der Waals surface area contributed by atoms with Crippen LogP contribution in [-0.2, 0) is 0 Å². The zero-order valence-corrected chi connectivity index (χ0v) is 18.5. The van der Waals surface area contributed by atoms with Gasteiger partial charge in [-0.05, 0) is 62.7 Å². The molecule has 1 saturated heterocycles. The monoisotopic (exact) mass is 440 g/mol. The number of fused-ring (bicyclic) bond motifs is 1. The van der Waals surface area contributed by atoms with Crippen LogP contribution in [-0.4, -0.2) is 42.9 Å². The van der Waals surface area contributed by atoms with E-state index in [0.717, 1.165) is 40.9 Å². The van der Waals surface area contributed by atoms with Crippen LogP contribution in [0, 0.1) is 24.2 Å². The van der Waals surface area contributed by atoms with E-state index in [9.17, 15) is 10.4 Å². The minimum absolute atomic E-state index is 0.0233. The van der Waals surface area contributed by atoms with E-state index < -0.39 is 6.10 Å². The summed E-state index contributed by atoms with van der Waals surface area (Å²) < 4.78 is 1.93. The summed E-state index contributed by atoms with van der Waals surface area (Å²) in [5, 5.41) is 31.1. The van der Waals surface area contributed by atoms with Gasteiger partial charge in [0.25, 0.3) is 0 Å². The first kappa shape index (κ1) is 20.8. The SMILES string of the molecule is Cc1ccc(Nc2ccc3ncn(-c4ccc(C(C)O)c(N5CC[C@@H](C#N)C5)n4)c3c2)nn1. The van der Waals surface area contributed by atoms with Crippen molar-refractivity contribution in [2.24, 2.45) is 5.92 Å². The van der Waals surface area contributed by atoms with Crippen molar-refractivity contribution < 1.29 is 5.11 Å². The predicted octanol–water partition coefficient (Wildman–Crippen LogP) is 3.67. The van der Waals surface area contributed by atoms with E-state index in [2.05, 4.69) is 31.5 Å². The number of rotatable bonds is 5. The van der Waals surface area contributed by atoms with Crippen molar-refractivity contribution in [1.82, 2.24) is 24.7 Å². The quantitative estimate of drug-likeness (QED) is 0.483. The maximum Gasteiger partial charge on any atom is 0.153 e. The lowest BCUT2D eigenvalue weighted by Gasteiger charge is -2.22. The van der Waals surface area contributed by atoms with Gasteiger partial charge in [0, 0.05) is 24.3 Å². The van der Waals surface area contributed by atoms with E-state index >= 15 is 0 Å². The first-order chi connectivity index (χ1) is 16.0. The number of pyridine rings is 1. The maximum absolute atomic E-state index is 10.3. The number of hydrogen-bond acceptors (Lipinski definition) is 8. The van der Waals surface area contributed by atoms with Crippen LogP contribution in [0.5, 0.6) is 0 Å². The molecule has 9 heteroatoms. The molecule has 3 aromatic heterocycles. The number of benzene rings is 1. The van der Waals surface area contributed by atoms with Crippen molar-refractivity contribution in [2.75, 3.05) is 23.3 Å². The Bertz CT molecular complexity index is 1340. The van der Waals surface area contributed by atoms with Gasteiger partial charge in [0.05, 0.1) is 34.8 Å². The fourth-order valence-electron chi connectivity index (χ4n) is 4.10. The van der Waals surface area contributed by atoms with Crippen LogP contribution < -0.4 is 10.2 Å². The number of aromatic nitrogens is 5. The average Bonchev–Trinajstić information content (AvgIpc) is 3.47. The summed E-state index contributed by atoms with van der Waals surface area (Å²) in [6, 6.07) is 15.8. The number of aliphatic hydroxyl groups excluding tert-OH is 1. The van der Waals surface area contributed by atoms with E-state index in [1.165, 1.54) is 0 Å². The number of aliphatic hydroxyl groups is 1. The first-order valence-corrected chi connectivity index (χ1v) is 10.9. The Kier molecular flexibility index (Phi) is 5.36. The van der Waals surface area contributed by atoms with E-state index in [1.54, 1.807) is 13.3 Å². The van der Waals surface area contributed by atoms with Gasteiger partial charge in [-0.25, -0.2) is 9.97 Å². The normalized spacial score (nSPS) is 16.7. The molecule has 0 radical (unpaired) electrons. The third kappa shape index (κ3) is 4.08. The number of nitrogens with zero attached hydrogens (tertiary/aromatic N) is 7. The van der Waals surface area contributed by atoms with Crippen molar-refractivity contribution in [3.63, 3.8) is 0 Å². The number of aryl methyl sites for hydroxylation is 1. The summed E-state index contributed by atoms with van der Waals surface area (Å²) in [7, 11) is 0. The van der Waals surface area contributed by atoms with E-state index in [1.807, 2.05) is 54.0 Å². The van der Waals surface area contributed by atoms with Crippen LogP contribution in [0.4, 0.5) is 17.3 Å². The highest BCUT2D eigenvalue weighted by Gasteiger charge is 2.26. The second-order valence-electron chi connectivity index (χ2n) is 8.32. The Morgan fingerprint density at radius 3 is 2.79 bits per heavy atom. The van der Waals surface area contributed by atoms with Crippen molar-refractivity contribution in [3.8, 4) is 11.9 Å². The lowest BCUT2D eigenvalue weighted by Crippen LogP contribution is -2.23. The molecule has 166 valence electrons. The molecule has 0 bridgehead atoms. The summed E-state index contributed by atoms with van der Waals surface area (Å²) in [4.78, 5) is 11.5. The molecule has 0 spiro atoms.